The van der Waals surface area contributed by atoms with Crippen molar-refractivity contribution < 1.29 is 22.7 Å². The van der Waals surface area contributed by atoms with Crippen molar-refractivity contribution in [3.63, 3.8) is 0 Å². The van der Waals surface area contributed by atoms with Crippen molar-refractivity contribution in [2.75, 3.05) is 31.7 Å². The first-order valence-corrected chi connectivity index (χ1v) is 11.3. The summed E-state index contributed by atoms with van der Waals surface area (Å²) in [4.78, 5) is 26.4. The largest absolute Gasteiger partial charge is 0.497 e. The van der Waals surface area contributed by atoms with Crippen molar-refractivity contribution in [1.29, 1.82) is 0 Å². The Kier molecular flexibility index (Phi) is 6.43. The standard InChI is InChI=1S/C19H27N3O5S/c1-27-17-4-2-14(3-5-17)12-20-18(23)15-6-9-22(10-7-15)19(24)21-16-8-11-28(25,26)13-16/h2-5,15-16H,6-13H2,1H3,(H,20,23)(H,21,24). The van der Waals surface area contributed by atoms with Gasteiger partial charge in [-0.25, -0.2) is 13.2 Å². The number of carbonyl (C=O) groups excluding carboxylic acids is 2. The van der Waals surface area contributed by atoms with E-state index in [4.69, 9.17) is 4.74 Å². The Labute approximate surface area is 165 Å². The molecule has 1 atom stereocenters. The molecule has 3 rings (SSSR count). The van der Waals surface area contributed by atoms with Gasteiger partial charge >= 0.3 is 6.03 Å². The number of methoxy groups -OCH3 is 1. The molecule has 1 aromatic carbocycles. The second-order valence-corrected chi connectivity index (χ2v) is 9.61. The average Bonchev–Trinajstić information content (AvgIpc) is 3.04. The number of carbonyl (C=O) groups is 2. The first-order valence-electron chi connectivity index (χ1n) is 9.53. The predicted octanol–water partition coefficient (Wildman–Crippen LogP) is 0.920. The topological polar surface area (TPSA) is 105 Å². The van der Waals surface area contributed by atoms with E-state index in [0.29, 0.717) is 38.9 Å². The van der Waals surface area contributed by atoms with Gasteiger partial charge in [0.15, 0.2) is 9.84 Å². The third kappa shape index (κ3) is 5.37. The van der Waals surface area contributed by atoms with E-state index in [0.717, 1.165) is 11.3 Å². The maximum Gasteiger partial charge on any atom is 0.317 e. The minimum absolute atomic E-state index is 0.00207. The van der Waals surface area contributed by atoms with Gasteiger partial charge in [-0.3, -0.25) is 4.79 Å². The molecule has 1 aromatic rings. The van der Waals surface area contributed by atoms with Crippen molar-refractivity contribution >= 4 is 21.8 Å². The highest BCUT2D eigenvalue weighted by molar-refractivity contribution is 7.91. The van der Waals surface area contributed by atoms with Gasteiger partial charge in [0.1, 0.15) is 5.75 Å². The summed E-state index contributed by atoms with van der Waals surface area (Å²) in [6, 6.07) is 7.00. The van der Waals surface area contributed by atoms with Crippen LogP contribution in [0, 0.1) is 5.92 Å². The lowest BCUT2D eigenvalue weighted by Gasteiger charge is -2.32. The molecular weight excluding hydrogens is 382 g/mol. The zero-order valence-electron chi connectivity index (χ0n) is 16.0. The molecule has 0 aromatic heterocycles. The number of hydrogen-bond donors (Lipinski definition) is 2. The smallest absolute Gasteiger partial charge is 0.317 e. The number of nitrogens with one attached hydrogen (secondary N) is 2. The predicted molar refractivity (Wildman–Crippen MR) is 105 cm³/mol. The molecule has 28 heavy (non-hydrogen) atoms. The van der Waals surface area contributed by atoms with Crippen molar-refractivity contribution in [2.24, 2.45) is 5.92 Å². The summed E-state index contributed by atoms with van der Waals surface area (Å²) in [6.07, 6.45) is 1.67. The molecule has 2 heterocycles. The van der Waals surface area contributed by atoms with Crippen LogP contribution in [0.3, 0.4) is 0 Å². The van der Waals surface area contributed by atoms with Gasteiger partial charge in [0.2, 0.25) is 5.91 Å². The number of likely N-dealkylation sites (tertiary alicyclic amines) is 1. The Hall–Kier alpha value is -2.29. The van der Waals surface area contributed by atoms with E-state index in [1.807, 2.05) is 24.3 Å². The first-order chi connectivity index (χ1) is 13.4. The number of urea groups is 1. The summed E-state index contributed by atoms with van der Waals surface area (Å²) >= 11 is 0. The molecule has 0 bridgehead atoms. The van der Waals surface area contributed by atoms with Crippen LogP contribution in [0.25, 0.3) is 0 Å². The van der Waals surface area contributed by atoms with Gasteiger partial charge in [0, 0.05) is 31.6 Å². The van der Waals surface area contributed by atoms with E-state index in [1.54, 1.807) is 12.0 Å². The fourth-order valence-corrected chi connectivity index (χ4v) is 5.27. The minimum atomic E-state index is -3.02. The van der Waals surface area contributed by atoms with E-state index < -0.39 is 9.84 Å². The van der Waals surface area contributed by atoms with Gasteiger partial charge < -0.3 is 20.3 Å². The number of hydrogen-bond acceptors (Lipinski definition) is 5. The van der Waals surface area contributed by atoms with E-state index in [-0.39, 0.29) is 35.4 Å². The minimum Gasteiger partial charge on any atom is -0.497 e. The molecule has 3 amide bonds. The Bertz CT molecular complexity index is 801. The highest BCUT2D eigenvalue weighted by Crippen LogP contribution is 2.19. The molecule has 2 aliphatic rings. The van der Waals surface area contributed by atoms with Crippen LogP contribution in [0.1, 0.15) is 24.8 Å². The number of amides is 3. The van der Waals surface area contributed by atoms with Gasteiger partial charge in [-0.15, -0.1) is 0 Å². The van der Waals surface area contributed by atoms with Crippen LogP contribution in [0.5, 0.6) is 5.75 Å². The number of benzene rings is 1. The monoisotopic (exact) mass is 409 g/mol. The van der Waals surface area contributed by atoms with Gasteiger partial charge in [0.25, 0.3) is 0 Å². The second kappa shape index (κ2) is 8.81. The van der Waals surface area contributed by atoms with E-state index >= 15 is 0 Å². The molecule has 0 saturated carbocycles. The highest BCUT2D eigenvalue weighted by Gasteiger charge is 2.32. The molecule has 154 valence electrons. The van der Waals surface area contributed by atoms with E-state index in [1.165, 1.54) is 0 Å². The lowest BCUT2D eigenvalue weighted by molar-refractivity contribution is -0.126. The molecule has 0 radical (unpaired) electrons. The molecule has 2 saturated heterocycles. The fraction of sp³-hybridized carbons (Fsp3) is 0.579. The quantitative estimate of drug-likeness (QED) is 0.752. The summed E-state index contributed by atoms with van der Waals surface area (Å²) in [6.45, 7) is 1.44. The first kappa shape index (κ1) is 20.4. The third-order valence-corrected chi connectivity index (χ3v) is 7.11. The Balaban J connectivity index is 1.40. The molecule has 1 unspecified atom stereocenters. The van der Waals surface area contributed by atoms with Crippen LogP contribution in [0.4, 0.5) is 4.79 Å². The van der Waals surface area contributed by atoms with Crippen molar-refractivity contribution in [1.82, 2.24) is 15.5 Å². The number of rotatable bonds is 5. The summed E-state index contributed by atoms with van der Waals surface area (Å²) in [5, 5.41) is 5.75. The van der Waals surface area contributed by atoms with Crippen LogP contribution in [-0.2, 0) is 21.2 Å². The maximum absolute atomic E-state index is 12.4. The molecule has 2 N–H and O–H groups in total. The van der Waals surface area contributed by atoms with Crippen LogP contribution in [0.2, 0.25) is 0 Å². The second-order valence-electron chi connectivity index (χ2n) is 7.38. The molecule has 8 nitrogen and oxygen atoms in total. The Morgan fingerprint density at radius 2 is 1.82 bits per heavy atom. The molecule has 2 fully saturated rings. The van der Waals surface area contributed by atoms with Crippen LogP contribution in [0.15, 0.2) is 24.3 Å². The fourth-order valence-electron chi connectivity index (χ4n) is 3.60. The Morgan fingerprint density at radius 3 is 2.39 bits per heavy atom. The normalized spacial score (nSPS) is 21.9. The summed E-state index contributed by atoms with van der Waals surface area (Å²) < 4.78 is 28.1. The lowest BCUT2D eigenvalue weighted by Crippen LogP contribution is -2.49. The Morgan fingerprint density at radius 1 is 1.14 bits per heavy atom. The van der Waals surface area contributed by atoms with E-state index in [2.05, 4.69) is 10.6 Å². The number of ether oxygens (including phenoxy) is 1. The maximum atomic E-state index is 12.4. The zero-order valence-corrected chi connectivity index (χ0v) is 16.8. The van der Waals surface area contributed by atoms with Gasteiger partial charge in [0.05, 0.1) is 18.6 Å². The van der Waals surface area contributed by atoms with Crippen molar-refractivity contribution in [2.45, 2.75) is 31.8 Å². The summed E-state index contributed by atoms with van der Waals surface area (Å²) in [7, 11) is -1.41. The SMILES string of the molecule is COc1ccc(CNC(=O)C2CCN(C(=O)NC3CCS(=O)(=O)C3)CC2)cc1. The van der Waals surface area contributed by atoms with Crippen LogP contribution < -0.4 is 15.4 Å². The van der Waals surface area contributed by atoms with Gasteiger partial charge in [-0.05, 0) is 37.0 Å². The van der Waals surface area contributed by atoms with Crippen molar-refractivity contribution in [3.8, 4) is 5.75 Å². The third-order valence-electron chi connectivity index (χ3n) is 5.34. The molecule has 0 spiro atoms. The van der Waals surface area contributed by atoms with Crippen LogP contribution >= 0.6 is 0 Å². The van der Waals surface area contributed by atoms with Gasteiger partial charge in [-0.2, -0.15) is 0 Å². The number of piperidine rings is 1. The molecule has 9 heteroatoms. The highest BCUT2D eigenvalue weighted by atomic mass is 32.2. The number of sulfone groups is 1. The molecule has 2 aliphatic heterocycles. The average molecular weight is 410 g/mol. The lowest BCUT2D eigenvalue weighted by atomic mass is 9.96. The van der Waals surface area contributed by atoms with Crippen molar-refractivity contribution in [3.05, 3.63) is 29.8 Å². The van der Waals surface area contributed by atoms with Gasteiger partial charge in [-0.1, -0.05) is 12.1 Å². The van der Waals surface area contributed by atoms with Crippen LogP contribution in [-0.4, -0.2) is 63.0 Å². The molecule has 0 aliphatic carbocycles. The zero-order chi connectivity index (χ0) is 20.1. The number of nitrogens with zero attached hydrogens (tertiary/aromatic N) is 1. The van der Waals surface area contributed by atoms with E-state index in [9.17, 15) is 18.0 Å². The summed E-state index contributed by atoms with van der Waals surface area (Å²) in [5.41, 5.74) is 0.998. The molecular formula is C19H27N3O5S. The summed E-state index contributed by atoms with van der Waals surface area (Å²) in [5.74, 6) is 0.806.